The van der Waals surface area contributed by atoms with Crippen LogP contribution in [0.5, 0.6) is 0 Å². The topological polar surface area (TPSA) is 110 Å². The second-order valence-corrected chi connectivity index (χ2v) is 8.84. The quantitative estimate of drug-likeness (QED) is 0.543. The summed E-state index contributed by atoms with van der Waals surface area (Å²) >= 11 is 0. The van der Waals surface area contributed by atoms with Crippen molar-refractivity contribution in [1.82, 2.24) is 4.31 Å². The summed E-state index contributed by atoms with van der Waals surface area (Å²) in [5, 5.41) is 13.3. The van der Waals surface area contributed by atoms with Crippen LogP contribution in [0.2, 0.25) is 0 Å². The van der Waals surface area contributed by atoms with E-state index in [9.17, 15) is 36.5 Å². The molecule has 1 atom stereocenters. The number of rotatable bonds is 5. The number of halogens is 3. The zero-order chi connectivity index (χ0) is 22.8. The normalized spacial score (nSPS) is 17.8. The van der Waals surface area contributed by atoms with Crippen LogP contribution in [0.4, 0.5) is 24.5 Å². The van der Waals surface area contributed by atoms with Crippen molar-refractivity contribution < 1.29 is 31.3 Å². The van der Waals surface area contributed by atoms with E-state index in [2.05, 4.69) is 5.32 Å². The molecule has 1 N–H and O–H groups in total. The lowest BCUT2D eigenvalue weighted by molar-refractivity contribution is -0.385. The Balaban J connectivity index is 1.87. The number of hydrogen-bond donors (Lipinski definition) is 1. The van der Waals surface area contributed by atoms with Crippen LogP contribution in [0.1, 0.15) is 24.8 Å². The number of carbonyl (C=O) groups excluding carboxylic acids is 1. The zero-order valence-corrected chi connectivity index (χ0v) is 16.8. The van der Waals surface area contributed by atoms with Crippen molar-refractivity contribution in [3.63, 3.8) is 0 Å². The molecule has 0 unspecified atom stereocenters. The van der Waals surface area contributed by atoms with Crippen molar-refractivity contribution in [3.05, 3.63) is 64.2 Å². The Bertz CT molecular complexity index is 1100. The van der Waals surface area contributed by atoms with Gasteiger partial charge in [-0.15, -0.1) is 0 Å². The van der Waals surface area contributed by atoms with Gasteiger partial charge in [-0.25, -0.2) is 8.42 Å². The van der Waals surface area contributed by atoms with Crippen LogP contribution >= 0.6 is 0 Å². The first kappa shape index (κ1) is 22.7. The summed E-state index contributed by atoms with van der Waals surface area (Å²) in [6, 6.07) is 7.35. The molecule has 0 aliphatic carbocycles. The molecule has 166 valence electrons. The molecule has 2 aromatic rings. The van der Waals surface area contributed by atoms with Gasteiger partial charge in [-0.2, -0.15) is 17.5 Å². The number of piperidine rings is 1. The number of amides is 1. The van der Waals surface area contributed by atoms with Crippen LogP contribution in [-0.2, 0) is 21.0 Å². The Morgan fingerprint density at radius 1 is 1.13 bits per heavy atom. The Kier molecular flexibility index (Phi) is 6.32. The number of nitro benzene ring substituents is 1. The van der Waals surface area contributed by atoms with E-state index in [1.54, 1.807) is 0 Å². The van der Waals surface area contributed by atoms with Gasteiger partial charge in [-0.1, -0.05) is 18.6 Å². The zero-order valence-electron chi connectivity index (χ0n) is 16.0. The Morgan fingerprint density at radius 3 is 2.52 bits per heavy atom. The molecule has 3 rings (SSSR count). The molecule has 8 nitrogen and oxygen atoms in total. The molecule has 12 heteroatoms. The third-order valence-corrected chi connectivity index (χ3v) is 6.75. The van der Waals surface area contributed by atoms with Gasteiger partial charge >= 0.3 is 6.18 Å². The molecule has 1 aliphatic rings. The second-order valence-electron chi connectivity index (χ2n) is 6.95. The van der Waals surface area contributed by atoms with Crippen molar-refractivity contribution in [1.29, 1.82) is 0 Å². The van der Waals surface area contributed by atoms with Gasteiger partial charge < -0.3 is 5.32 Å². The van der Waals surface area contributed by atoms with Crippen molar-refractivity contribution in [2.75, 3.05) is 11.9 Å². The maximum Gasteiger partial charge on any atom is 0.416 e. The number of anilines is 1. The molecule has 2 aromatic carbocycles. The molecule has 0 bridgehead atoms. The predicted molar refractivity (Wildman–Crippen MR) is 105 cm³/mol. The average Bonchev–Trinajstić information content (AvgIpc) is 2.73. The summed E-state index contributed by atoms with van der Waals surface area (Å²) in [4.78, 5) is 22.7. The molecular weight excluding hydrogens is 439 g/mol. The first-order valence-corrected chi connectivity index (χ1v) is 10.7. The predicted octanol–water partition coefficient (Wildman–Crippen LogP) is 3.80. The molecule has 0 aromatic heterocycles. The van der Waals surface area contributed by atoms with Gasteiger partial charge in [0, 0.05) is 24.4 Å². The van der Waals surface area contributed by atoms with Gasteiger partial charge in [0.25, 0.3) is 5.69 Å². The fourth-order valence-corrected chi connectivity index (χ4v) is 5.04. The lowest BCUT2D eigenvalue weighted by Gasteiger charge is -2.33. The van der Waals surface area contributed by atoms with Gasteiger partial charge in [-0.3, -0.25) is 14.9 Å². The molecule has 0 radical (unpaired) electrons. The van der Waals surface area contributed by atoms with E-state index in [1.807, 2.05) is 0 Å². The molecule has 1 amide bonds. The lowest BCUT2D eigenvalue weighted by atomic mass is 10.0. The maximum atomic E-state index is 13.1. The number of sulfonamides is 1. The third kappa shape index (κ3) is 5.02. The number of nitrogens with zero attached hydrogens (tertiary/aromatic N) is 2. The van der Waals surface area contributed by atoms with E-state index < -0.39 is 44.3 Å². The van der Waals surface area contributed by atoms with Gasteiger partial charge in [0.05, 0.1) is 15.4 Å². The van der Waals surface area contributed by atoms with E-state index in [4.69, 9.17) is 0 Å². The Hall–Kier alpha value is -2.99. The fourth-order valence-electron chi connectivity index (χ4n) is 3.35. The second kappa shape index (κ2) is 8.63. The van der Waals surface area contributed by atoms with Gasteiger partial charge in [-0.05, 0) is 37.1 Å². The van der Waals surface area contributed by atoms with Gasteiger partial charge in [0.1, 0.15) is 6.04 Å². The number of nitrogens with one attached hydrogen (secondary N) is 1. The van der Waals surface area contributed by atoms with Crippen LogP contribution in [0.3, 0.4) is 0 Å². The maximum absolute atomic E-state index is 13.1. The number of carbonyl (C=O) groups is 1. The van der Waals surface area contributed by atoms with Crippen LogP contribution in [0, 0.1) is 10.1 Å². The van der Waals surface area contributed by atoms with Crippen LogP contribution < -0.4 is 5.32 Å². The van der Waals surface area contributed by atoms with Crippen molar-refractivity contribution >= 4 is 27.3 Å². The van der Waals surface area contributed by atoms with Crippen molar-refractivity contribution in [2.24, 2.45) is 0 Å². The molecule has 1 saturated heterocycles. The summed E-state index contributed by atoms with van der Waals surface area (Å²) in [6.45, 7) is 0.00566. The first-order valence-electron chi connectivity index (χ1n) is 9.24. The number of hydrogen-bond acceptors (Lipinski definition) is 5. The molecule has 0 saturated carbocycles. The molecule has 31 heavy (non-hydrogen) atoms. The number of nitro groups is 1. The van der Waals surface area contributed by atoms with E-state index in [-0.39, 0.29) is 23.5 Å². The van der Waals surface area contributed by atoms with Gasteiger partial charge in [0.2, 0.25) is 15.9 Å². The Labute approximate surface area is 175 Å². The minimum absolute atomic E-state index is 0.00566. The standard InChI is InChI=1S/C19H18F3N3O5S/c20-19(21,22)13-5-3-6-14(11-13)23-18(26)17-9-1-2-10-24(17)31(29,30)16-8-4-7-15(12-16)25(27)28/h3-8,11-12,17H,1-2,9-10H2,(H,23,26)/t17-/m0/s1. The van der Waals surface area contributed by atoms with Crippen LogP contribution in [0.15, 0.2) is 53.4 Å². The van der Waals surface area contributed by atoms with Crippen LogP contribution in [0.25, 0.3) is 0 Å². The SMILES string of the molecule is O=C(Nc1cccc(C(F)(F)F)c1)[C@@H]1CCCCN1S(=O)(=O)c1cccc([N+](=O)[O-])c1. The average molecular weight is 457 g/mol. The van der Waals surface area contributed by atoms with Crippen LogP contribution in [-0.4, -0.2) is 36.1 Å². The highest BCUT2D eigenvalue weighted by molar-refractivity contribution is 7.89. The minimum Gasteiger partial charge on any atom is -0.325 e. The van der Waals surface area contributed by atoms with E-state index in [1.165, 1.54) is 18.2 Å². The number of benzene rings is 2. The fraction of sp³-hybridized carbons (Fsp3) is 0.316. The summed E-state index contributed by atoms with van der Waals surface area (Å²) in [5.74, 6) is -0.770. The monoisotopic (exact) mass is 457 g/mol. The molecule has 1 fully saturated rings. The molecule has 0 spiro atoms. The highest BCUT2D eigenvalue weighted by atomic mass is 32.2. The summed E-state index contributed by atoms with van der Waals surface area (Å²) < 4.78 is 65.8. The Morgan fingerprint density at radius 2 is 1.84 bits per heavy atom. The van der Waals surface area contributed by atoms with E-state index in [0.717, 1.165) is 34.6 Å². The highest BCUT2D eigenvalue weighted by Gasteiger charge is 2.38. The largest absolute Gasteiger partial charge is 0.416 e. The summed E-state index contributed by atoms with van der Waals surface area (Å²) in [7, 11) is -4.25. The highest BCUT2D eigenvalue weighted by Crippen LogP contribution is 2.31. The molecule has 1 heterocycles. The minimum atomic E-state index is -4.59. The first-order chi connectivity index (χ1) is 14.5. The number of non-ortho nitro benzene ring substituents is 1. The lowest BCUT2D eigenvalue weighted by Crippen LogP contribution is -2.49. The molecular formula is C19H18F3N3O5S. The van der Waals surface area contributed by atoms with E-state index >= 15 is 0 Å². The smallest absolute Gasteiger partial charge is 0.325 e. The summed E-state index contributed by atoms with van der Waals surface area (Å²) in [5.41, 5.74) is -1.48. The van der Waals surface area contributed by atoms with E-state index in [0.29, 0.717) is 12.8 Å². The molecule has 1 aliphatic heterocycles. The number of alkyl halides is 3. The summed E-state index contributed by atoms with van der Waals surface area (Å²) in [6.07, 6.45) is -3.41. The van der Waals surface area contributed by atoms with Crippen molar-refractivity contribution in [2.45, 2.75) is 36.4 Å². The van der Waals surface area contributed by atoms with Gasteiger partial charge in [0.15, 0.2) is 0 Å². The third-order valence-electron chi connectivity index (χ3n) is 4.85. The van der Waals surface area contributed by atoms with Crippen molar-refractivity contribution in [3.8, 4) is 0 Å².